The van der Waals surface area contributed by atoms with Gasteiger partial charge in [-0.1, -0.05) is 11.6 Å². The number of anilines is 1. The number of carbonyl (C=O) groups is 2. The lowest BCUT2D eigenvalue weighted by Gasteiger charge is -2.29. The van der Waals surface area contributed by atoms with Crippen LogP contribution in [0, 0.1) is 17.1 Å². The van der Waals surface area contributed by atoms with Crippen molar-refractivity contribution in [3.8, 4) is 6.07 Å². The normalized spacial score (nSPS) is 16.4. The van der Waals surface area contributed by atoms with Crippen LogP contribution >= 0.6 is 11.6 Å². The zero-order chi connectivity index (χ0) is 16.5. The van der Waals surface area contributed by atoms with E-state index in [1.807, 2.05) is 0 Å². The maximum Gasteiger partial charge on any atom is 0.350 e. The Hall–Kier alpha value is -2.59. The van der Waals surface area contributed by atoms with Gasteiger partial charge in [-0.3, -0.25) is 0 Å². The molecule has 22 heavy (non-hydrogen) atoms. The lowest BCUT2D eigenvalue weighted by Crippen LogP contribution is -2.42. The van der Waals surface area contributed by atoms with Gasteiger partial charge in [0, 0.05) is 20.0 Å². The first kappa shape index (κ1) is 15.8. The second-order valence-electron chi connectivity index (χ2n) is 4.78. The van der Waals surface area contributed by atoms with Crippen molar-refractivity contribution in [1.29, 1.82) is 5.26 Å². The third-order valence-electron chi connectivity index (χ3n) is 2.70. The minimum Gasteiger partial charge on any atom is -0.419 e. The molecule has 1 heterocycles. The molecule has 1 fully saturated rings. The number of nitriles is 1. The molecule has 0 unspecified atom stereocenters. The van der Waals surface area contributed by atoms with Gasteiger partial charge in [-0.15, -0.1) is 0 Å². The predicted molar refractivity (Wildman–Crippen MR) is 74.1 cm³/mol. The average molecular weight is 325 g/mol. The van der Waals surface area contributed by atoms with Gasteiger partial charge in [-0.25, -0.2) is 14.0 Å². The Labute approximate surface area is 130 Å². The third-order valence-corrected chi connectivity index (χ3v) is 2.99. The molecule has 1 aliphatic heterocycles. The van der Waals surface area contributed by atoms with Crippen LogP contribution in [0.1, 0.15) is 19.4 Å². The van der Waals surface area contributed by atoms with Crippen LogP contribution in [0.25, 0.3) is 0 Å². The number of rotatable bonds is 2. The highest BCUT2D eigenvalue weighted by Gasteiger charge is 2.39. The Morgan fingerprint density at radius 3 is 2.45 bits per heavy atom. The minimum atomic E-state index is -1.35. The highest BCUT2D eigenvalue weighted by molar-refractivity contribution is 6.31. The second kappa shape index (κ2) is 5.66. The molecule has 0 atom stereocenters. The molecule has 0 amide bonds. The van der Waals surface area contributed by atoms with Crippen LogP contribution in [0.3, 0.4) is 0 Å². The summed E-state index contributed by atoms with van der Waals surface area (Å²) in [7, 11) is 0. The number of halogens is 2. The van der Waals surface area contributed by atoms with Crippen molar-refractivity contribution < 1.29 is 23.5 Å². The van der Waals surface area contributed by atoms with Crippen molar-refractivity contribution in [2.24, 2.45) is 0 Å². The molecular weight excluding hydrogens is 315 g/mol. The summed E-state index contributed by atoms with van der Waals surface area (Å²) in [5, 5.41) is 11.2. The molecule has 0 aromatic heterocycles. The summed E-state index contributed by atoms with van der Waals surface area (Å²) in [5.41, 5.74) is -0.705. The van der Waals surface area contributed by atoms with E-state index in [2.05, 4.69) is 5.32 Å². The summed E-state index contributed by atoms with van der Waals surface area (Å²) in [6, 6.07) is 4.22. The molecular formula is C14H10ClFN2O4. The van der Waals surface area contributed by atoms with Crippen LogP contribution in [0.4, 0.5) is 10.1 Å². The van der Waals surface area contributed by atoms with Gasteiger partial charge in [0.25, 0.3) is 5.79 Å². The number of esters is 2. The predicted octanol–water partition coefficient (Wildman–Crippen LogP) is 2.48. The molecule has 8 heteroatoms. The lowest BCUT2D eigenvalue weighted by atomic mass is 10.1. The molecule has 0 bridgehead atoms. The van der Waals surface area contributed by atoms with Gasteiger partial charge in [-0.05, 0) is 12.1 Å². The van der Waals surface area contributed by atoms with E-state index in [9.17, 15) is 14.0 Å². The maximum atomic E-state index is 13.7. The molecule has 0 radical (unpaired) electrons. The fourth-order valence-electron chi connectivity index (χ4n) is 1.71. The molecule has 114 valence electrons. The van der Waals surface area contributed by atoms with E-state index in [1.165, 1.54) is 26.0 Å². The number of cyclic esters (lactones) is 2. The van der Waals surface area contributed by atoms with Gasteiger partial charge in [0.2, 0.25) is 0 Å². The van der Waals surface area contributed by atoms with E-state index in [0.717, 1.165) is 6.20 Å². The smallest absolute Gasteiger partial charge is 0.350 e. The quantitative estimate of drug-likeness (QED) is 0.511. The zero-order valence-corrected chi connectivity index (χ0v) is 12.3. The van der Waals surface area contributed by atoms with Crippen molar-refractivity contribution in [2.75, 3.05) is 5.32 Å². The molecule has 1 aromatic rings. The molecule has 1 saturated heterocycles. The second-order valence-corrected chi connectivity index (χ2v) is 5.18. The molecule has 1 aliphatic rings. The van der Waals surface area contributed by atoms with Gasteiger partial charge in [0.05, 0.1) is 10.7 Å². The van der Waals surface area contributed by atoms with Crippen molar-refractivity contribution in [3.63, 3.8) is 0 Å². The fourth-order valence-corrected chi connectivity index (χ4v) is 1.87. The van der Waals surface area contributed by atoms with Gasteiger partial charge in [-0.2, -0.15) is 5.26 Å². The summed E-state index contributed by atoms with van der Waals surface area (Å²) in [6.07, 6.45) is 0.990. The number of nitrogens with one attached hydrogen (secondary N) is 1. The van der Waals surface area contributed by atoms with E-state index in [1.54, 1.807) is 6.07 Å². The highest BCUT2D eigenvalue weighted by atomic mass is 35.5. The van der Waals surface area contributed by atoms with Crippen molar-refractivity contribution >= 4 is 29.2 Å². The number of benzene rings is 1. The number of ether oxygens (including phenoxy) is 2. The van der Waals surface area contributed by atoms with Gasteiger partial charge in [0.15, 0.2) is 11.4 Å². The number of carbonyl (C=O) groups excluding carboxylic acids is 2. The van der Waals surface area contributed by atoms with Gasteiger partial charge >= 0.3 is 11.9 Å². The fraction of sp³-hybridized carbons (Fsp3) is 0.214. The Morgan fingerprint density at radius 1 is 1.32 bits per heavy atom. The topological polar surface area (TPSA) is 88.4 Å². The van der Waals surface area contributed by atoms with E-state index >= 15 is 0 Å². The van der Waals surface area contributed by atoms with E-state index in [4.69, 9.17) is 26.3 Å². The molecule has 1 N–H and O–H groups in total. The number of nitrogens with zero attached hydrogens (tertiary/aromatic N) is 1. The zero-order valence-electron chi connectivity index (χ0n) is 11.6. The standard InChI is InChI=1S/C14H10ClFN2O4/c1-14(2)21-12(19)8(13(20)22-14)6-18-10-4-3-9(15)11(16)7(10)5-17/h3-4,6,18H,1-2H3. The van der Waals surface area contributed by atoms with E-state index in [-0.39, 0.29) is 16.3 Å². The molecule has 2 rings (SSSR count). The summed E-state index contributed by atoms with van der Waals surface area (Å²) >= 11 is 5.57. The molecule has 0 aliphatic carbocycles. The van der Waals surface area contributed by atoms with Crippen LogP contribution in [-0.4, -0.2) is 17.7 Å². The number of hydrogen-bond donors (Lipinski definition) is 1. The minimum absolute atomic E-state index is 0.0438. The Balaban J connectivity index is 2.30. The van der Waals surface area contributed by atoms with Crippen LogP contribution in [-0.2, 0) is 19.1 Å². The SMILES string of the molecule is CC1(C)OC(=O)C(=CNc2ccc(Cl)c(F)c2C#N)C(=O)O1. The van der Waals surface area contributed by atoms with E-state index in [0.29, 0.717) is 0 Å². The first-order valence-corrected chi connectivity index (χ1v) is 6.44. The van der Waals surface area contributed by atoms with Gasteiger partial charge in [0.1, 0.15) is 11.6 Å². The summed E-state index contributed by atoms with van der Waals surface area (Å²) in [5.74, 6) is -4.03. The monoisotopic (exact) mass is 324 g/mol. The molecule has 0 saturated carbocycles. The van der Waals surface area contributed by atoms with Crippen LogP contribution in [0.5, 0.6) is 0 Å². The first-order chi connectivity index (χ1) is 10.2. The summed E-state index contributed by atoms with van der Waals surface area (Å²) < 4.78 is 23.5. The molecule has 0 spiro atoms. The Kier molecular flexibility index (Phi) is 4.06. The van der Waals surface area contributed by atoms with Crippen molar-refractivity contribution in [3.05, 3.63) is 40.3 Å². The summed E-state index contributed by atoms with van der Waals surface area (Å²) in [6.45, 7) is 2.82. The van der Waals surface area contributed by atoms with Crippen LogP contribution < -0.4 is 5.32 Å². The highest BCUT2D eigenvalue weighted by Crippen LogP contribution is 2.26. The summed E-state index contributed by atoms with van der Waals surface area (Å²) in [4.78, 5) is 23.5. The van der Waals surface area contributed by atoms with E-state index < -0.39 is 29.1 Å². The van der Waals surface area contributed by atoms with Crippen molar-refractivity contribution in [2.45, 2.75) is 19.6 Å². The third kappa shape index (κ3) is 3.02. The van der Waals surface area contributed by atoms with Crippen LogP contribution in [0.15, 0.2) is 23.9 Å². The maximum absolute atomic E-state index is 13.7. The lowest BCUT2D eigenvalue weighted by molar-refractivity contribution is -0.222. The Bertz CT molecular complexity index is 715. The van der Waals surface area contributed by atoms with Gasteiger partial charge < -0.3 is 14.8 Å². The molecule has 6 nitrogen and oxygen atoms in total. The molecule has 1 aromatic carbocycles. The largest absolute Gasteiger partial charge is 0.419 e. The number of hydrogen-bond acceptors (Lipinski definition) is 6. The Morgan fingerprint density at radius 2 is 1.91 bits per heavy atom. The average Bonchev–Trinajstić information content (AvgIpc) is 2.40. The van der Waals surface area contributed by atoms with Crippen LogP contribution in [0.2, 0.25) is 5.02 Å². The first-order valence-electron chi connectivity index (χ1n) is 6.06. The van der Waals surface area contributed by atoms with Crippen molar-refractivity contribution in [1.82, 2.24) is 0 Å².